The lowest BCUT2D eigenvalue weighted by molar-refractivity contribution is -0.143. The minimum atomic E-state index is -3.92. The van der Waals surface area contributed by atoms with Crippen molar-refractivity contribution in [2.24, 2.45) is 0 Å². The summed E-state index contributed by atoms with van der Waals surface area (Å²) in [6.07, 6.45) is 0.399. The molecule has 0 aliphatic carbocycles. The summed E-state index contributed by atoms with van der Waals surface area (Å²) in [5, 5.41) is 0. The summed E-state index contributed by atoms with van der Waals surface area (Å²) in [6.45, 7) is 1.68. The summed E-state index contributed by atoms with van der Waals surface area (Å²) in [6, 6.07) is 0. The van der Waals surface area contributed by atoms with Crippen molar-refractivity contribution in [1.82, 2.24) is 0 Å². The molecule has 0 amide bonds. The minimum absolute atomic E-state index is 0.0342. The minimum Gasteiger partial charge on any atom is -0.466 e. The molecule has 6 heteroatoms. The van der Waals surface area contributed by atoms with E-state index in [4.69, 9.17) is 4.55 Å². The van der Waals surface area contributed by atoms with Crippen molar-refractivity contribution < 1.29 is 22.5 Å². The molecular weight excluding hydrogens is 184 g/mol. The third-order valence-corrected chi connectivity index (χ3v) is 1.90. The fourth-order valence-electron chi connectivity index (χ4n) is 0.529. The van der Waals surface area contributed by atoms with Crippen molar-refractivity contribution in [2.75, 3.05) is 12.4 Å². The quantitative estimate of drug-likeness (QED) is 0.386. The number of hydrogen-bond acceptors (Lipinski definition) is 4. The molecule has 5 nitrogen and oxygen atoms in total. The molecule has 0 atom stereocenters. The lowest BCUT2D eigenvalue weighted by Crippen LogP contribution is -2.09. The zero-order chi connectivity index (χ0) is 9.61. The molecule has 0 saturated heterocycles. The van der Waals surface area contributed by atoms with Crippen molar-refractivity contribution in [1.29, 1.82) is 0 Å². The normalized spacial score (nSPS) is 11.2. The second-order valence-corrected chi connectivity index (χ2v) is 3.79. The second-order valence-electron chi connectivity index (χ2n) is 2.21. The second kappa shape index (κ2) is 5.10. The molecule has 1 N–H and O–H groups in total. The maximum absolute atomic E-state index is 10.5. The van der Waals surface area contributed by atoms with Gasteiger partial charge in [-0.2, -0.15) is 8.42 Å². The van der Waals surface area contributed by atoms with Crippen LogP contribution in [0.15, 0.2) is 0 Å². The van der Waals surface area contributed by atoms with Crippen molar-refractivity contribution in [3.63, 3.8) is 0 Å². The van der Waals surface area contributed by atoms with Crippen molar-refractivity contribution in [3.05, 3.63) is 0 Å². The highest BCUT2D eigenvalue weighted by atomic mass is 32.2. The van der Waals surface area contributed by atoms with Crippen LogP contribution in [-0.2, 0) is 19.6 Å². The average Bonchev–Trinajstić information content (AvgIpc) is 1.96. The highest BCUT2D eigenvalue weighted by Crippen LogP contribution is 1.91. The van der Waals surface area contributed by atoms with Gasteiger partial charge in [-0.15, -0.1) is 0 Å². The molecule has 0 rings (SSSR count). The molecule has 0 heterocycles. The molecule has 0 aliphatic rings. The van der Waals surface area contributed by atoms with Crippen LogP contribution in [0, 0.1) is 0 Å². The molecule has 12 heavy (non-hydrogen) atoms. The van der Waals surface area contributed by atoms with Gasteiger partial charge in [-0.3, -0.25) is 9.35 Å². The Kier molecular flexibility index (Phi) is 4.84. The van der Waals surface area contributed by atoms with E-state index in [1.165, 1.54) is 0 Å². The number of carbonyl (C=O) groups excluding carboxylic acids is 1. The highest BCUT2D eigenvalue weighted by molar-refractivity contribution is 7.85. The topological polar surface area (TPSA) is 80.7 Å². The number of ether oxygens (including phenoxy) is 1. The van der Waals surface area contributed by atoms with E-state index in [1.54, 1.807) is 6.92 Å². The van der Waals surface area contributed by atoms with Gasteiger partial charge in [0.2, 0.25) is 0 Å². The molecule has 0 aromatic rings. The number of esters is 1. The predicted molar refractivity (Wildman–Crippen MR) is 42.3 cm³/mol. The molecule has 0 aromatic heterocycles. The third kappa shape index (κ3) is 7.49. The number of carbonyl (C=O) groups is 1. The van der Waals surface area contributed by atoms with E-state index in [1.807, 2.05) is 0 Å². The van der Waals surface area contributed by atoms with Crippen LogP contribution in [0.4, 0.5) is 0 Å². The summed E-state index contributed by atoms with van der Waals surface area (Å²) in [5.74, 6) is -0.741. The number of rotatable bonds is 5. The van der Waals surface area contributed by atoms with Gasteiger partial charge in [0.15, 0.2) is 0 Å². The van der Waals surface area contributed by atoms with E-state index in [0.717, 1.165) is 0 Å². The molecule has 0 aromatic carbocycles. The summed E-state index contributed by atoms with van der Waals surface area (Å²) in [4.78, 5) is 10.5. The van der Waals surface area contributed by atoms with Gasteiger partial charge in [-0.1, -0.05) is 6.92 Å². The Labute approximate surface area is 71.5 Å². The van der Waals surface area contributed by atoms with Crippen molar-refractivity contribution >= 4 is 16.1 Å². The van der Waals surface area contributed by atoms with Gasteiger partial charge in [-0.25, -0.2) is 0 Å². The maximum atomic E-state index is 10.5. The van der Waals surface area contributed by atoms with Gasteiger partial charge in [0.05, 0.1) is 12.4 Å². The Morgan fingerprint density at radius 3 is 2.50 bits per heavy atom. The van der Waals surface area contributed by atoms with Gasteiger partial charge in [0.1, 0.15) is 0 Å². The molecule has 0 unspecified atom stereocenters. The van der Waals surface area contributed by atoms with Crippen LogP contribution in [-0.4, -0.2) is 31.3 Å². The monoisotopic (exact) mass is 196 g/mol. The maximum Gasteiger partial charge on any atom is 0.305 e. The zero-order valence-corrected chi connectivity index (χ0v) is 7.63. The first-order valence-electron chi connectivity index (χ1n) is 3.56. The summed E-state index contributed by atoms with van der Waals surface area (Å²) in [7, 11) is -3.92. The van der Waals surface area contributed by atoms with Crippen molar-refractivity contribution in [2.45, 2.75) is 19.8 Å². The van der Waals surface area contributed by atoms with Gasteiger partial charge in [0.25, 0.3) is 10.1 Å². The standard InChI is InChI=1S/C6H12O5S/c1-2-6(7)11-4-3-5-12(8,9)10/h2-5H2,1H3,(H,8,9,10). The van der Waals surface area contributed by atoms with E-state index < -0.39 is 10.1 Å². The van der Waals surface area contributed by atoms with Crippen LogP contribution in [0.25, 0.3) is 0 Å². The van der Waals surface area contributed by atoms with Gasteiger partial charge >= 0.3 is 5.97 Å². The SMILES string of the molecule is CCC(=O)OCCCS(=O)(=O)O. The van der Waals surface area contributed by atoms with Crippen LogP contribution < -0.4 is 0 Å². The first-order valence-corrected chi connectivity index (χ1v) is 5.17. The summed E-state index contributed by atoms with van der Waals surface area (Å²) < 4.78 is 33.2. The Bertz CT molecular complexity index is 230. The predicted octanol–water partition coefficient (Wildman–Crippen LogP) is 0.217. The lowest BCUT2D eigenvalue weighted by atomic mass is 10.5. The van der Waals surface area contributed by atoms with E-state index in [0.29, 0.717) is 0 Å². The Hall–Kier alpha value is -0.620. The molecule has 0 saturated carbocycles. The van der Waals surface area contributed by atoms with E-state index in [2.05, 4.69) is 4.74 Å². The summed E-state index contributed by atoms with van der Waals surface area (Å²) in [5.41, 5.74) is 0. The van der Waals surface area contributed by atoms with E-state index in [-0.39, 0.29) is 31.2 Å². The molecule has 72 valence electrons. The molecular formula is C6H12O5S. The van der Waals surface area contributed by atoms with E-state index in [9.17, 15) is 13.2 Å². The Morgan fingerprint density at radius 2 is 2.08 bits per heavy atom. The fourth-order valence-corrected chi connectivity index (χ4v) is 1.01. The smallest absolute Gasteiger partial charge is 0.305 e. The van der Waals surface area contributed by atoms with Gasteiger partial charge in [-0.05, 0) is 6.42 Å². The first kappa shape index (κ1) is 11.4. The lowest BCUT2D eigenvalue weighted by Gasteiger charge is -2.00. The number of hydrogen-bond donors (Lipinski definition) is 1. The first-order chi connectivity index (χ1) is 5.45. The third-order valence-electron chi connectivity index (χ3n) is 1.10. The highest BCUT2D eigenvalue weighted by Gasteiger charge is 2.04. The molecule has 0 spiro atoms. The molecule has 0 aliphatic heterocycles. The van der Waals surface area contributed by atoms with Crippen LogP contribution in [0.1, 0.15) is 19.8 Å². The largest absolute Gasteiger partial charge is 0.466 e. The van der Waals surface area contributed by atoms with Crippen LogP contribution in [0.5, 0.6) is 0 Å². The molecule has 0 fully saturated rings. The fraction of sp³-hybridized carbons (Fsp3) is 0.833. The van der Waals surface area contributed by atoms with Crippen LogP contribution >= 0.6 is 0 Å². The zero-order valence-electron chi connectivity index (χ0n) is 6.82. The Balaban J connectivity index is 3.40. The van der Waals surface area contributed by atoms with Gasteiger partial charge in [0, 0.05) is 6.42 Å². The van der Waals surface area contributed by atoms with E-state index >= 15 is 0 Å². The molecule has 0 radical (unpaired) electrons. The van der Waals surface area contributed by atoms with Crippen molar-refractivity contribution in [3.8, 4) is 0 Å². The van der Waals surface area contributed by atoms with Crippen LogP contribution in [0.3, 0.4) is 0 Å². The molecule has 0 bridgehead atoms. The average molecular weight is 196 g/mol. The van der Waals surface area contributed by atoms with Gasteiger partial charge < -0.3 is 4.74 Å². The Morgan fingerprint density at radius 1 is 1.50 bits per heavy atom. The van der Waals surface area contributed by atoms with Crippen LogP contribution in [0.2, 0.25) is 0 Å². The summed E-state index contributed by atoms with van der Waals surface area (Å²) >= 11 is 0.